The van der Waals surface area contributed by atoms with Crippen LogP contribution < -0.4 is 10.6 Å². The van der Waals surface area contributed by atoms with Gasteiger partial charge in [-0.3, -0.25) is 4.79 Å². The molecular weight excluding hydrogens is 393 g/mol. The van der Waals surface area contributed by atoms with E-state index in [-0.39, 0.29) is 23.9 Å². The van der Waals surface area contributed by atoms with Gasteiger partial charge in [0, 0.05) is 28.6 Å². The fraction of sp³-hybridized carbons (Fsp3) is 0.500. The van der Waals surface area contributed by atoms with Gasteiger partial charge in [-0.25, -0.2) is 4.79 Å². The van der Waals surface area contributed by atoms with Crippen molar-refractivity contribution in [2.45, 2.75) is 32.7 Å². The Hall–Kier alpha value is -1.31. The topological polar surface area (TPSA) is 61.4 Å². The number of rotatable bonds is 3. The van der Waals surface area contributed by atoms with Crippen molar-refractivity contribution < 1.29 is 9.59 Å². The summed E-state index contributed by atoms with van der Waals surface area (Å²) in [5.41, 5.74) is 0.827. The minimum absolute atomic E-state index is 0.0170. The van der Waals surface area contributed by atoms with E-state index in [1.54, 1.807) is 4.90 Å². The number of urea groups is 1. The number of carbonyl (C=O) groups excluding carboxylic acids is 2. The summed E-state index contributed by atoms with van der Waals surface area (Å²) in [6.45, 7) is 5.15. The van der Waals surface area contributed by atoms with Crippen molar-refractivity contribution in [2.24, 2.45) is 5.92 Å². The number of hydrogen-bond acceptors (Lipinski definition) is 2. The minimum Gasteiger partial charge on any atom is -0.354 e. The third kappa shape index (κ3) is 4.59. The van der Waals surface area contributed by atoms with Crippen LogP contribution in [0.5, 0.6) is 0 Å². The molecule has 1 heterocycles. The van der Waals surface area contributed by atoms with Crippen LogP contribution in [0.3, 0.4) is 0 Å². The van der Waals surface area contributed by atoms with E-state index in [0.717, 1.165) is 22.1 Å². The van der Waals surface area contributed by atoms with Gasteiger partial charge in [-0.05, 0) is 61.4 Å². The van der Waals surface area contributed by atoms with E-state index in [2.05, 4.69) is 33.2 Å². The van der Waals surface area contributed by atoms with Crippen LogP contribution in [0.25, 0.3) is 0 Å². The monoisotopic (exact) mass is 415 g/mol. The van der Waals surface area contributed by atoms with E-state index in [1.807, 2.05) is 38.1 Å². The highest BCUT2D eigenvalue weighted by atomic mass is 127. The molecule has 6 heteroatoms. The Morgan fingerprint density at radius 3 is 2.45 bits per heavy atom. The Kier molecular flexibility index (Phi) is 6.05. The molecule has 120 valence electrons. The molecule has 1 aromatic carbocycles. The first kappa shape index (κ1) is 17.1. The molecule has 0 aliphatic carbocycles. The number of anilines is 1. The van der Waals surface area contributed by atoms with Crippen LogP contribution in [0.15, 0.2) is 24.3 Å². The smallest absolute Gasteiger partial charge is 0.321 e. The average molecular weight is 415 g/mol. The summed E-state index contributed by atoms with van der Waals surface area (Å²) in [7, 11) is 0. The fourth-order valence-electron chi connectivity index (χ4n) is 2.50. The van der Waals surface area contributed by atoms with Gasteiger partial charge < -0.3 is 15.5 Å². The lowest BCUT2D eigenvalue weighted by Crippen LogP contribution is -2.45. The van der Waals surface area contributed by atoms with Crippen molar-refractivity contribution in [2.75, 3.05) is 18.4 Å². The largest absolute Gasteiger partial charge is 0.354 e. The lowest BCUT2D eigenvalue weighted by atomic mass is 9.96. The Bertz CT molecular complexity index is 540. The number of halogens is 1. The van der Waals surface area contributed by atoms with Crippen molar-refractivity contribution in [3.63, 3.8) is 0 Å². The molecule has 1 aliphatic heterocycles. The van der Waals surface area contributed by atoms with Gasteiger partial charge in [0.15, 0.2) is 0 Å². The minimum atomic E-state index is -0.0909. The van der Waals surface area contributed by atoms with Gasteiger partial charge in [0.1, 0.15) is 0 Å². The van der Waals surface area contributed by atoms with E-state index < -0.39 is 0 Å². The number of hydrogen-bond donors (Lipinski definition) is 2. The third-order valence-electron chi connectivity index (χ3n) is 3.70. The first-order valence-electron chi connectivity index (χ1n) is 7.58. The lowest BCUT2D eigenvalue weighted by Gasteiger charge is -2.31. The molecule has 0 spiro atoms. The molecule has 2 N–H and O–H groups in total. The number of amides is 3. The molecule has 0 unspecified atom stereocenters. The van der Waals surface area contributed by atoms with Gasteiger partial charge in [-0.15, -0.1) is 0 Å². The Morgan fingerprint density at radius 2 is 1.86 bits per heavy atom. The van der Waals surface area contributed by atoms with Crippen molar-refractivity contribution in [3.05, 3.63) is 27.8 Å². The van der Waals surface area contributed by atoms with Gasteiger partial charge >= 0.3 is 6.03 Å². The first-order chi connectivity index (χ1) is 10.5. The Labute approximate surface area is 145 Å². The highest BCUT2D eigenvalue weighted by Crippen LogP contribution is 2.21. The van der Waals surface area contributed by atoms with Gasteiger partial charge in [0.05, 0.1) is 5.69 Å². The molecule has 0 radical (unpaired) electrons. The highest BCUT2D eigenvalue weighted by Gasteiger charge is 2.27. The maximum atomic E-state index is 12.3. The maximum Gasteiger partial charge on any atom is 0.321 e. The molecular formula is C16H22IN3O2. The van der Waals surface area contributed by atoms with Crippen LogP contribution in [-0.2, 0) is 4.79 Å². The predicted octanol–water partition coefficient (Wildman–Crippen LogP) is 3.06. The average Bonchev–Trinajstić information content (AvgIpc) is 2.49. The number of benzene rings is 1. The summed E-state index contributed by atoms with van der Waals surface area (Å²) in [5.74, 6) is 0.121. The first-order valence-corrected chi connectivity index (χ1v) is 8.66. The highest BCUT2D eigenvalue weighted by molar-refractivity contribution is 14.1. The number of likely N-dealkylation sites (tertiary alicyclic amines) is 1. The van der Waals surface area contributed by atoms with Crippen LogP contribution in [0, 0.1) is 9.49 Å². The van der Waals surface area contributed by atoms with Gasteiger partial charge in [0.25, 0.3) is 0 Å². The zero-order valence-electron chi connectivity index (χ0n) is 12.9. The van der Waals surface area contributed by atoms with E-state index in [4.69, 9.17) is 0 Å². The van der Waals surface area contributed by atoms with Gasteiger partial charge in [-0.2, -0.15) is 0 Å². The van der Waals surface area contributed by atoms with Crippen molar-refractivity contribution in [1.82, 2.24) is 10.2 Å². The summed E-state index contributed by atoms with van der Waals surface area (Å²) in [5, 5.41) is 5.88. The van der Waals surface area contributed by atoms with Crippen molar-refractivity contribution in [3.8, 4) is 0 Å². The molecule has 0 aromatic heterocycles. The van der Waals surface area contributed by atoms with Crippen LogP contribution in [-0.4, -0.2) is 36.0 Å². The third-order valence-corrected chi connectivity index (χ3v) is 4.64. The second-order valence-corrected chi connectivity index (χ2v) is 7.00. The van der Waals surface area contributed by atoms with Crippen molar-refractivity contribution >= 4 is 40.2 Å². The standard InChI is InChI=1S/C16H22IN3O2/c1-11(2)18-15(21)12-7-9-20(10-8-12)16(22)19-14-6-4-3-5-13(14)17/h3-6,11-12H,7-10H2,1-2H3,(H,18,21)(H,19,22). The van der Waals surface area contributed by atoms with Crippen LogP contribution in [0.2, 0.25) is 0 Å². The Morgan fingerprint density at radius 1 is 1.23 bits per heavy atom. The van der Waals surface area contributed by atoms with Crippen LogP contribution >= 0.6 is 22.6 Å². The fourth-order valence-corrected chi connectivity index (χ4v) is 3.03. The lowest BCUT2D eigenvalue weighted by molar-refractivity contribution is -0.126. The maximum absolute atomic E-state index is 12.3. The Balaban J connectivity index is 1.85. The number of nitrogens with one attached hydrogen (secondary N) is 2. The van der Waals surface area contributed by atoms with Crippen LogP contribution in [0.4, 0.5) is 10.5 Å². The van der Waals surface area contributed by atoms with Crippen LogP contribution in [0.1, 0.15) is 26.7 Å². The summed E-state index contributed by atoms with van der Waals surface area (Å²) in [6, 6.07) is 7.76. The molecule has 0 bridgehead atoms. The summed E-state index contributed by atoms with van der Waals surface area (Å²) >= 11 is 2.20. The zero-order chi connectivity index (χ0) is 16.1. The SMILES string of the molecule is CC(C)NC(=O)C1CCN(C(=O)Nc2ccccc2I)CC1. The predicted molar refractivity (Wildman–Crippen MR) is 95.8 cm³/mol. The molecule has 1 fully saturated rings. The molecule has 0 atom stereocenters. The molecule has 22 heavy (non-hydrogen) atoms. The van der Waals surface area contributed by atoms with E-state index in [9.17, 15) is 9.59 Å². The van der Waals surface area contributed by atoms with Crippen molar-refractivity contribution in [1.29, 1.82) is 0 Å². The van der Waals surface area contributed by atoms with E-state index >= 15 is 0 Å². The van der Waals surface area contributed by atoms with Gasteiger partial charge in [0.2, 0.25) is 5.91 Å². The summed E-state index contributed by atoms with van der Waals surface area (Å²) < 4.78 is 1.01. The number of piperidine rings is 1. The molecule has 0 saturated carbocycles. The second-order valence-electron chi connectivity index (χ2n) is 5.83. The molecule has 3 amide bonds. The van der Waals surface area contributed by atoms with Gasteiger partial charge in [-0.1, -0.05) is 12.1 Å². The number of carbonyl (C=O) groups is 2. The molecule has 1 aliphatic rings. The van der Waals surface area contributed by atoms with E-state index in [0.29, 0.717) is 13.1 Å². The zero-order valence-corrected chi connectivity index (χ0v) is 15.1. The number of nitrogens with zero attached hydrogens (tertiary/aromatic N) is 1. The summed E-state index contributed by atoms with van der Waals surface area (Å²) in [4.78, 5) is 26.1. The molecule has 1 aromatic rings. The normalized spacial score (nSPS) is 15.7. The molecule has 2 rings (SSSR count). The summed E-state index contributed by atoms with van der Waals surface area (Å²) in [6.07, 6.45) is 1.44. The number of para-hydroxylation sites is 1. The molecule has 1 saturated heterocycles. The second kappa shape index (κ2) is 7.80. The molecule has 5 nitrogen and oxygen atoms in total. The quantitative estimate of drug-likeness (QED) is 0.746. The van der Waals surface area contributed by atoms with E-state index in [1.165, 1.54) is 0 Å².